The van der Waals surface area contributed by atoms with Crippen molar-refractivity contribution in [1.82, 2.24) is 10.4 Å². The van der Waals surface area contributed by atoms with Gasteiger partial charge in [0.1, 0.15) is 11.5 Å². The van der Waals surface area contributed by atoms with Crippen molar-refractivity contribution in [3.63, 3.8) is 0 Å². The highest BCUT2D eigenvalue weighted by Crippen LogP contribution is 2.36. The number of nitrogens with zero attached hydrogens (tertiary/aromatic N) is 2. The van der Waals surface area contributed by atoms with Crippen LogP contribution in [-0.2, 0) is 0 Å². The summed E-state index contributed by atoms with van der Waals surface area (Å²) < 4.78 is 16.4. The van der Waals surface area contributed by atoms with Gasteiger partial charge in [-0.1, -0.05) is 0 Å². The number of fused-ring (bicyclic) bond motifs is 1. The normalized spacial score (nSPS) is 12.1. The largest absolute Gasteiger partial charge is 0.457 e. The molecule has 2 aromatic carbocycles. The number of carbonyl (C=O) groups is 1. The zero-order valence-electron chi connectivity index (χ0n) is 14.2. The number of pyridine rings is 1. The number of hydrogen-bond donors (Lipinski definition) is 1. The fourth-order valence-electron chi connectivity index (χ4n) is 2.43. The third-order valence-electron chi connectivity index (χ3n) is 3.78. The molecule has 1 aliphatic rings. The van der Waals surface area contributed by atoms with Gasteiger partial charge in [0.05, 0.1) is 6.21 Å². The molecule has 134 valence electrons. The Hall–Kier alpha value is -3.87. The fraction of sp³-hybridized carbons (Fsp3) is 0.0500. The molecule has 0 atom stereocenters. The molecule has 1 N–H and O–H groups in total. The van der Waals surface area contributed by atoms with Crippen LogP contribution in [-0.4, -0.2) is 23.9 Å². The first-order valence-corrected chi connectivity index (χ1v) is 8.19. The van der Waals surface area contributed by atoms with Gasteiger partial charge in [0, 0.05) is 24.0 Å². The molecule has 1 amide bonds. The minimum absolute atomic E-state index is 0.227. The van der Waals surface area contributed by atoms with Gasteiger partial charge in [-0.3, -0.25) is 9.78 Å². The predicted molar refractivity (Wildman–Crippen MR) is 98.4 cm³/mol. The Kier molecular flexibility index (Phi) is 4.65. The van der Waals surface area contributed by atoms with E-state index in [-0.39, 0.29) is 12.7 Å². The van der Waals surface area contributed by atoms with Crippen molar-refractivity contribution in [1.29, 1.82) is 0 Å². The molecule has 4 rings (SSSR count). The summed E-state index contributed by atoms with van der Waals surface area (Å²) in [6, 6.07) is 16.0. The van der Waals surface area contributed by atoms with Crippen LogP contribution in [0.15, 0.2) is 72.1 Å². The number of aromatic nitrogens is 1. The highest BCUT2D eigenvalue weighted by molar-refractivity contribution is 5.94. The lowest BCUT2D eigenvalue weighted by Gasteiger charge is -2.06. The number of nitrogens with one attached hydrogen (secondary N) is 1. The number of carbonyl (C=O) groups excluding carboxylic acids is 1. The first-order valence-electron chi connectivity index (χ1n) is 8.19. The maximum Gasteiger partial charge on any atom is 0.271 e. The molecule has 0 unspecified atom stereocenters. The number of benzene rings is 2. The molecule has 1 aliphatic heterocycles. The van der Waals surface area contributed by atoms with Gasteiger partial charge in [-0.2, -0.15) is 5.10 Å². The lowest BCUT2D eigenvalue weighted by Crippen LogP contribution is -2.17. The second kappa shape index (κ2) is 7.57. The van der Waals surface area contributed by atoms with Gasteiger partial charge in [0.25, 0.3) is 5.91 Å². The van der Waals surface area contributed by atoms with Crippen LogP contribution in [0, 0.1) is 0 Å². The third kappa shape index (κ3) is 4.04. The van der Waals surface area contributed by atoms with Gasteiger partial charge < -0.3 is 14.2 Å². The summed E-state index contributed by atoms with van der Waals surface area (Å²) in [4.78, 5) is 15.7. The van der Waals surface area contributed by atoms with Crippen molar-refractivity contribution < 1.29 is 19.0 Å². The summed E-state index contributed by atoms with van der Waals surface area (Å²) in [5.41, 5.74) is 3.79. The summed E-state index contributed by atoms with van der Waals surface area (Å²) in [5, 5.41) is 3.95. The summed E-state index contributed by atoms with van der Waals surface area (Å²) in [5.74, 6) is 2.41. The van der Waals surface area contributed by atoms with E-state index < -0.39 is 0 Å². The monoisotopic (exact) mass is 361 g/mol. The van der Waals surface area contributed by atoms with Crippen LogP contribution in [0.5, 0.6) is 23.0 Å². The predicted octanol–water partition coefficient (Wildman–Crippen LogP) is 3.37. The lowest BCUT2D eigenvalue weighted by molar-refractivity contribution is 0.0955. The van der Waals surface area contributed by atoms with E-state index in [2.05, 4.69) is 15.5 Å². The molecule has 0 aliphatic carbocycles. The Bertz CT molecular complexity index is 972. The third-order valence-corrected chi connectivity index (χ3v) is 3.78. The second-order valence-electron chi connectivity index (χ2n) is 5.62. The number of hydrogen-bond acceptors (Lipinski definition) is 6. The van der Waals surface area contributed by atoms with Gasteiger partial charge in [-0.15, -0.1) is 0 Å². The van der Waals surface area contributed by atoms with Gasteiger partial charge >= 0.3 is 0 Å². The van der Waals surface area contributed by atoms with Crippen molar-refractivity contribution in [2.24, 2.45) is 5.10 Å². The van der Waals surface area contributed by atoms with Crippen LogP contribution in [0.2, 0.25) is 0 Å². The maximum absolute atomic E-state index is 11.9. The zero-order valence-corrected chi connectivity index (χ0v) is 14.2. The van der Waals surface area contributed by atoms with Crippen molar-refractivity contribution in [2.45, 2.75) is 0 Å². The van der Waals surface area contributed by atoms with Crippen LogP contribution in [0.4, 0.5) is 0 Å². The Balaban J connectivity index is 1.35. The molecular formula is C20H15N3O4. The molecule has 1 aromatic heterocycles. The molecule has 0 bridgehead atoms. The lowest BCUT2D eigenvalue weighted by atomic mass is 10.2. The standard InChI is InChI=1S/C20H15N3O4/c24-20(15-7-9-21-10-8-15)23-22-12-14-1-3-16(4-2-14)27-17-5-6-18-19(11-17)26-13-25-18/h1-12H,13H2,(H,23,24)/b22-12-. The SMILES string of the molecule is O=C(N/N=C\c1ccc(Oc2ccc3c(c2)OCO3)cc1)c1ccncc1. The number of amides is 1. The fourth-order valence-corrected chi connectivity index (χ4v) is 2.43. The molecule has 0 spiro atoms. The molecule has 0 saturated carbocycles. The first-order chi connectivity index (χ1) is 13.3. The van der Waals surface area contributed by atoms with Crippen molar-refractivity contribution in [3.05, 3.63) is 78.1 Å². The van der Waals surface area contributed by atoms with E-state index in [0.717, 1.165) is 5.56 Å². The topological polar surface area (TPSA) is 82.0 Å². The summed E-state index contributed by atoms with van der Waals surface area (Å²) in [6.07, 6.45) is 4.67. The summed E-state index contributed by atoms with van der Waals surface area (Å²) in [6.45, 7) is 0.227. The van der Waals surface area contributed by atoms with E-state index in [1.807, 2.05) is 36.4 Å². The Morgan fingerprint density at radius 1 is 1.00 bits per heavy atom. The number of hydrazone groups is 1. The van der Waals surface area contributed by atoms with Crippen LogP contribution < -0.4 is 19.6 Å². The van der Waals surface area contributed by atoms with E-state index >= 15 is 0 Å². The highest BCUT2D eigenvalue weighted by atomic mass is 16.7. The minimum atomic E-state index is -0.295. The van der Waals surface area contributed by atoms with E-state index in [9.17, 15) is 4.79 Å². The molecule has 2 heterocycles. The van der Waals surface area contributed by atoms with Crippen molar-refractivity contribution >= 4 is 12.1 Å². The van der Waals surface area contributed by atoms with Gasteiger partial charge in [0.15, 0.2) is 11.5 Å². The maximum atomic E-state index is 11.9. The average Bonchev–Trinajstić information content (AvgIpc) is 3.18. The smallest absolute Gasteiger partial charge is 0.271 e. The number of ether oxygens (including phenoxy) is 3. The van der Waals surface area contributed by atoms with E-state index in [1.165, 1.54) is 0 Å². The van der Waals surface area contributed by atoms with E-state index in [1.54, 1.807) is 36.8 Å². The van der Waals surface area contributed by atoms with Crippen LogP contribution in [0.3, 0.4) is 0 Å². The van der Waals surface area contributed by atoms with Gasteiger partial charge in [0.2, 0.25) is 6.79 Å². The van der Waals surface area contributed by atoms with Crippen molar-refractivity contribution in [3.8, 4) is 23.0 Å². The zero-order chi connectivity index (χ0) is 18.5. The molecule has 0 fully saturated rings. The molecule has 27 heavy (non-hydrogen) atoms. The van der Waals surface area contributed by atoms with E-state index in [4.69, 9.17) is 14.2 Å². The van der Waals surface area contributed by atoms with Crippen LogP contribution in [0.1, 0.15) is 15.9 Å². The van der Waals surface area contributed by atoms with Crippen LogP contribution >= 0.6 is 0 Å². The molecule has 0 saturated heterocycles. The van der Waals surface area contributed by atoms with E-state index in [0.29, 0.717) is 28.6 Å². The quantitative estimate of drug-likeness (QED) is 0.557. The summed E-state index contributed by atoms with van der Waals surface area (Å²) >= 11 is 0. The minimum Gasteiger partial charge on any atom is -0.457 e. The molecule has 0 radical (unpaired) electrons. The molecule has 7 nitrogen and oxygen atoms in total. The Labute approximate surface area is 155 Å². The van der Waals surface area contributed by atoms with Crippen molar-refractivity contribution in [2.75, 3.05) is 6.79 Å². The van der Waals surface area contributed by atoms with Crippen LogP contribution in [0.25, 0.3) is 0 Å². The average molecular weight is 361 g/mol. The number of rotatable bonds is 5. The Morgan fingerprint density at radius 3 is 2.56 bits per heavy atom. The highest BCUT2D eigenvalue weighted by Gasteiger charge is 2.13. The molecular weight excluding hydrogens is 346 g/mol. The molecule has 7 heteroatoms. The van der Waals surface area contributed by atoms with Gasteiger partial charge in [-0.05, 0) is 54.1 Å². The Morgan fingerprint density at radius 2 is 1.74 bits per heavy atom. The molecule has 3 aromatic rings. The summed E-state index contributed by atoms with van der Waals surface area (Å²) in [7, 11) is 0. The van der Waals surface area contributed by atoms with Gasteiger partial charge in [-0.25, -0.2) is 5.43 Å². The second-order valence-corrected chi connectivity index (χ2v) is 5.62. The first kappa shape index (κ1) is 16.6.